The van der Waals surface area contributed by atoms with Gasteiger partial charge in [-0.3, -0.25) is 29.8 Å². The van der Waals surface area contributed by atoms with Crippen LogP contribution < -0.4 is 9.47 Å². The fourth-order valence-electron chi connectivity index (χ4n) is 5.38. The van der Waals surface area contributed by atoms with Gasteiger partial charge in [0, 0.05) is 50.4 Å². The molecular weight excluding hydrogens is 746 g/mol. The summed E-state index contributed by atoms with van der Waals surface area (Å²) in [4.78, 5) is 47.5. The highest BCUT2D eigenvalue weighted by Gasteiger charge is 2.41. The number of non-ortho nitro benzene ring substituents is 2. The lowest BCUT2D eigenvalue weighted by Gasteiger charge is -2.26. The number of nitrogens with zero attached hydrogens (tertiary/aromatic N) is 4. The predicted octanol–water partition coefficient (Wildman–Crippen LogP) is 8.69. The molecule has 12 nitrogen and oxygen atoms in total. The van der Waals surface area contributed by atoms with Crippen LogP contribution in [0.2, 0.25) is 0 Å². The molecule has 16 heteroatoms. The van der Waals surface area contributed by atoms with Gasteiger partial charge in [0.05, 0.1) is 9.85 Å². The molecule has 0 radical (unpaired) electrons. The lowest BCUT2D eigenvalue weighted by atomic mass is 10.1. The summed E-state index contributed by atoms with van der Waals surface area (Å²) >= 11 is 24.0. The largest absolute Gasteiger partial charge is 0.457 e. The van der Waals surface area contributed by atoms with E-state index < -0.39 is 31.3 Å². The van der Waals surface area contributed by atoms with Gasteiger partial charge in [-0.25, -0.2) is 0 Å². The lowest BCUT2D eigenvalue weighted by Crippen LogP contribution is -2.38. The van der Waals surface area contributed by atoms with Crippen molar-refractivity contribution in [1.29, 1.82) is 0 Å². The number of carbonyl (C=O) groups is 2. The maximum absolute atomic E-state index is 13.0. The van der Waals surface area contributed by atoms with Crippen molar-refractivity contribution in [3.8, 4) is 23.0 Å². The van der Waals surface area contributed by atoms with Crippen LogP contribution in [0.15, 0.2) is 97.1 Å². The van der Waals surface area contributed by atoms with Crippen molar-refractivity contribution in [2.24, 2.45) is 11.8 Å². The van der Waals surface area contributed by atoms with Crippen LogP contribution in [0.25, 0.3) is 0 Å². The zero-order valence-corrected chi connectivity index (χ0v) is 29.7. The molecule has 1 saturated carbocycles. The Morgan fingerprint density at radius 2 is 0.882 bits per heavy atom. The maximum atomic E-state index is 13.0. The number of rotatable bonds is 16. The molecule has 2 atom stereocenters. The van der Waals surface area contributed by atoms with Gasteiger partial charge < -0.3 is 19.3 Å². The third-order valence-electron chi connectivity index (χ3n) is 8.14. The van der Waals surface area contributed by atoms with Gasteiger partial charge in [0.1, 0.15) is 23.0 Å². The third-order valence-corrected chi connectivity index (χ3v) is 8.88. The van der Waals surface area contributed by atoms with Crippen LogP contribution in [-0.4, -0.2) is 54.2 Å². The molecule has 0 aromatic heterocycles. The molecule has 51 heavy (non-hydrogen) atoms. The first-order chi connectivity index (χ1) is 24.4. The second-order valence-electron chi connectivity index (χ2n) is 11.8. The third kappa shape index (κ3) is 10.7. The molecule has 2 amide bonds. The van der Waals surface area contributed by atoms with E-state index in [0.717, 1.165) is 17.5 Å². The van der Waals surface area contributed by atoms with E-state index in [-0.39, 0.29) is 36.3 Å². The SMILES string of the molecule is O=C(C(Cl)Cl)N(Cc1ccc(Oc2ccc([N+](=O)[O-])cc2)cc1)CC1CC1CN(Cc1ccc(Oc2ccc([N+](=O)[O-])cc2)cc1)C(=O)C(Cl)Cl. The fourth-order valence-corrected chi connectivity index (χ4v) is 5.93. The van der Waals surface area contributed by atoms with Gasteiger partial charge in [-0.15, -0.1) is 0 Å². The first-order valence-electron chi connectivity index (χ1n) is 15.5. The van der Waals surface area contributed by atoms with Crippen molar-refractivity contribution in [2.75, 3.05) is 13.1 Å². The molecule has 0 N–H and O–H groups in total. The topological polar surface area (TPSA) is 145 Å². The summed E-state index contributed by atoms with van der Waals surface area (Å²) in [5.74, 6) is 1.14. The number of halogens is 4. The summed E-state index contributed by atoms with van der Waals surface area (Å²) in [6, 6.07) is 25.5. The number of ether oxygens (including phenoxy) is 2. The Labute approximate surface area is 312 Å². The number of carbonyl (C=O) groups excluding carboxylic acids is 2. The summed E-state index contributed by atoms with van der Waals surface area (Å²) in [5, 5.41) is 21.8. The molecule has 0 bridgehead atoms. The molecule has 0 aliphatic heterocycles. The van der Waals surface area contributed by atoms with Crippen molar-refractivity contribution in [3.05, 3.63) is 128 Å². The molecule has 1 aliphatic carbocycles. The normalized spacial score (nSPS) is 14.9. The van der Waals surface area contributed by atoms with Gasteiger partial charge in [-0.2, -0.15) is 0 Å². The summed E-state index contributed by atoms with van der Waals surface area (Å²) in [6.07, 6.45) is 0.752. The monoisotopic (exact) mass is 774 g/mol. The van der Waals surface area contributed by atoms with Crippen molar-refractivity contribution in [3.63, 3.8) is 0 Å². The van der Waals surface area contributed by atoms with Crippen molar-refractivity contribution in [2.45, 2.75) is 29.2 Å². The van der Waals surface area contributed by atoms with E-state index in [2.05, 4.69) is 0 Å². The number of amides is 2. The Bertz CT molecular complexity index is 1710. The molecule has 4 aromatic rings. The van der Waals surface area contributed by atoms with Gasteiger partial charge in [0.25, 0.3) is 23.2 Å². The van der Waals surface area contributed by atoms with Crippen LogP contribution in [0.5, 0.6) is 23.0 Å². The van der Waals surface area contributed by atoms with Gasteiger partial charge >= 0.3 is 0 Å². The van der Waals surface area contributed by atoms with Crippen molar-refractivity contribution >= 4 is 69.6 Å². The maximum Gasteiger partial charge on any atom is 0.269 e. The number of hydrogen-bond donors (Lipinski definition) is 0. The molecule has 4 aromatic carbocycles. The van der Waals surface area contributed by atoms with Crippen LogP contribution in [0.4, 0.5) is 11.4 Å². The lowest BCUT2D eigenvalue weighted by molar-refractivity contribution is -0.385. The van der Waals surface area contributed by atoms with E-state index >= 15 is 0 Å². The second kappa shape index (κ2) is 17.1. The first-order valence-corrected chi connectivity index (χ1v) is 17.3. The second-order valence-corrected chi connectivity index (χ2v) is 14.0. The van der Waals surface area contributed by atoms with Crippen molar-refractivity contribution < 1.29 is 28.9 Å². The summed E-state index contributed by atoms with van der Waals surface area (Å²) in [7, 11) is 0. The minimum atomic E-state index is -1.26. The van der Waals surface area contributed by atoms with Crippen LogP contribution >= 0.6 is 46.4 Å². The quantitative estimate of drug-likeness (QED) is 0.0625. The Morgan fingerprint density at radius 3 is 1.16 bits per heavy atom. The van der Waals surface area contributed by atoms with E-state index in [4.69, 9.17) is 55.9 Å². The minimum Gasteiger partial charge on any atom is -0.457 e. The molecular formula is C35H30Cl4N4O8. The van der Waals surface area contributed by atoms with E-state index in [1.807, 2.05) is 0 Å². The smallest absolute Gasteiger partial charge is 0.269 e. The fraction of sp³-hybridized carbons (Fsp3) is 0.257. The number of alkyl halides is 4. The number of benzene rings is 4. The van der Waals surface area contributed by atoms with E-state index in [9.17, 15) is 29.8 Å². The standard InChI is InChI=1S/C35H30Cl4N4O8/c36-32(37)34(44)40(18-22-1-9-28(10-2-22)50-30-13-5-26(6-14-30)42(46)47)20-24-17-25(24)21-41(35(45)33(38)39)19-23-3-11-29(12-4-23)51-31-15-7-27(8-16-31)43(48)49/h1-16,24-25,32-33H,17-21H2. The van der Waals surface area contributed by atoms with E-state index in [0.29, 0.717) is 36.1 Å². The summed E-state index contributed by atoms with van der Waals surface area (Å²) in [6.45, 7) is 1.20. The van der Waals surface area contributed by atoms with Crippen LogP contribution in [0.3, 0.4) is 0 Å². The van der Waals surface area contributed by atoms with Crippen LogP contribution in [-0.2, 0) is 22.7 Å². The van der Waals surface area contributed by atoms with Gasteiger partial charge in [0.2, 0.25) is 0 Å². The van der Waals surface area contributed by atoms with Gasteiger partial charge in [-0.05, 0) is 77.9 Å². The van der Waals surface area contributed by atoms with Gasteiger partial charge in [-0.1, -0.05) is 70.7 Å². The zero-order valence-electron chi connectivity index (χ0n) is 26.6. The zero-order chi connectivity index (χ0) is 36.7. The van der Waals surface area contributed by atoms with Gasteiger partial charge in [0.15, 0.2) is 9.67 Å². The summed E-state index contributed by atoms with van der Waals surface area (Å²) < 4.78 is 11.6. The Morgan fingerprint density at radius 1 is 0.588 bits per heavy atom. The van der Waals surface area contributed by atoms with Crippen molar-refractivity contribution in [1.82, 2.24) is 9.80 Å². The molecule has 2 unspecified atom stereocenters. The molecule has 1 aliphatic rings. The van der Waals surface area contributed by atoms with E-state index in [1.54, 1.807) is 58.3 Å². The first kappa shape index (κ1) is 37.6. The highest BCUT2D eigenvalue weighted by molar-refractivity contribution is 6.53. The molecule has 1 fully saturated rings. The minimum absolute atomic E-state index is 0.0424. The predicted molar refractivity (Wildman–Crippen MR) is 193 cm³/mol. The number of nitro groups is 2. The van der Waals surface area contributed by atoms with Crippen LogP contribution in [0.1, 0.15) is 17.5 Å². The Hall–Kier alpha value is -4.62. The summed E-state index contributed by atoms with van der Waals surface area (Å²) in [5.41, 5.74) is 1.52. The Balaban J connectivity index is 1.18. The average molecular weight is 776 g/mol. The van der Waals surface area contributed by atoms with E-state index in [1.165, 1.54) is 48.5 Å². The molecule has 266 valence electrons. The number of nitro benzene ring substituents is 2. The molecule has 0 saturated heterocycles. The van der Waals surface area contributed by atoms with Crippen LogP contribution in [0, 0.1) is 32.1 Å². The molecule has 0 spiro atoms. The average Bonchev–Trinajstić information content (AvgIpc) is 3.85. The Kier molecular flexibility index (Phi) is 12.6. The molecule has 5 rings (SSSR count). The highest BCUT2D eigenvalue weighted by atomic mass is 35.5. The number of hydrogen-bond acceptors (Lipinski definition) is 8. The molecule has 0 heterocycles. The highest BCUT2D eigenvalue weighted by Crippen LogP contribution is 2.41.